The van der Waals surface area contributed by atoms with Gasteiger partial charge in [0, 0.05) is 16.1 Å². The Bertz CT molecular complexity index is 1230. The summed E-state index contributed by atoms with van der Waals surface area (Å²) in [6, 6.07) is 38.3. The molecule has 0 aromatic heterocycles. The fraction of sp³-hybridized carbons (Fsp3) is 0.107. The molecule has 1 aliphatic rings. The van der Waals surface area contributed by atoms with Crippen LogP contribution in [0, 0.1) is 0 Å². The fourth-order valence-corrected chi connectivity index (χ4v) is 5.95. The molecule has 1 N–H and O–H groups in total. The lowest BCUT2D eigenvalue weighted by Gasteiger charge is -2.38. The minimum Gasteiger partial charge on any atom is -0.365 e. The number of nitrogens with zero attached hydrogens (tertiary/aromatic N) is 2. The smallest absolute Gasteiger partial charge is 0.187 e. The largest absolute Gasteiger partial charge is 0.365 e. The van der Waals surface area contributed by atoms with E-state index in [0.717, 1.165) is 32.6 Å². The molecule has 1 saturated heterocycles. The van der Waals surface area contributed by atoms with E-state index in [1.807, 2.05) is 95.9 Å². The monoisotopic (exact) mass is 468 g/mol. The van der Waals surface area contributed by atoms with Crippen LogP contribution in [0.25, 0.3) is 0 Å². The zero-order valence-corrected chi connectivity index (χ0v) is 19.8. The number of aliphatic hydroxyl groups is 1. The molecule has 4 aromatic rings. The van der Waals surface area contributed by atoms with Gasteiger partial charge in [-0.1, -0.05) is 90.6 Å². The lowest BCUT2D eigenvalue weighted by Crippen LogP contribution is -2.46. The van der Waals surface area contributed by atoms with Crippen molar-refractivity contribution < 1.29 is 5.11 Å². The van der Waals surface area contributed by atoms with Crippen molar-refractivity contribution in [2.75, 3.05) is 11.2 Å². The third kappa shape index (κ3) is 4.20. The van der Waals surface area contributed by atoms with Crippen molar-refractivity contribution in [2.24, 2.45) is 4.99 Å². The zero-order chi connectivity index (χ0) is 22.7. The van der Waals surface area contributed by atoms with Gasteiger partial charge in [0.25, 0.3) is 0 Å². The van der Waals surface area contributed by atoms with Crippen LogP contribution in [0.15, 0.2) is 125 Å². The Balaban J connectivity index is 1.73. The number of benzene rings is 4. The Morgan fingerprint density at radius 3 is 1.97 bits per heavy atom. The van der Waals surface area contributed by atoms with Gasteiger partial charge in [-0.15, -0.1) is 11.8 Å². The summed E-state index contributed by atoms with van der Waals surface area (Å²) in [5.41, 5.74) is 2.32. The molecule has 0 bridgehead atoms. The molecule has 0 unspecified atom stereocenters. The number of rotatable bonds is 5. The fourth-order valence-electron chi connectivity index (χ4n) is 4.12. The van der Waals surface area contributed by atoms with Crippen LogP contribution in [-0.2, 0) is 5.72 Å². The number of amidine groups is 1. The second-order valence-electron chi connectivity index (χ2n) is 7.76. The summed E-state index contributed by atoms with van der Waals surface area (Å²) in [4.78, 5) is 8.13. The number of aliphatic imine (C=N–C) groups is 1. The molecule has 33 heavy (non-hydrogen) atoms. The van der Waals surface area contributed by atoms with Gasteiger partial charge < -0.3 is 5.11 Å². The van der Waals surface area contributed by atoms with Crippen LogP contribution < -0.4 is 4.90 Å². The topological polar surface area (TPSA) is 35.8 Å². The van der Waals surface area contributed by atoms with Crippen molar-refractivity contribution in [1.82, 2.24) is 0 Å². The van der Waals surface area contributed by atoms with Crippen LogP contribution in [0.3, 0.4) is 0 Å². The third-order valence-electron chi connectivity index (χ3n) is 5.73. The first-order chi connectivity index (χ1) is 16.2. The molecule has 0 spiro atoms. The minimum absolute atomic E-state index is 0.263. The van der Waals surface area contributed by atoms with E-state index >= 15 is 0 Å². The van der Waals surface area contributed by atoms with Gasteiger partial charge in [0.1, 0.15) is 0 Å². The molecular weight excluding hydrogens is 444 g/mol. The Kier molecular flexibility index (Phi) is 6.27. The van der Waals surface area contributed by atoms with E-state index in [9.17, 15) is 5.11 Å². The second-order valence-corrected chi connectivity index (χ2v) is 9.72. The molecule has 0 aliphatic carbocycles. The minimum atomic E-state index is -1.32. The van der Waals surface area contributed by atoms with E-state index in [2.05, 4.69) is 30.5 Å². The van der Waals surface area contributed by atoms with Crippen LogP contribution in [0.1, 0.15) is 16.4 Å². The number of anilines is 1. The molecule has 164 valence electrons. The first kappa shape index (κ1) is 21.8. The highest BCUT2D eigenvalue weighted by molar-refractivity contribution is 8.14. The first-order valence-corrected chi connectivity index (χ1v) is 12.9. The second kappa shape index (κ2) is 9.48. The molecule has 1 heterocycles. The van der Waals surface area contributed by atoms with Crippen molar-refractivity contribution in [3.8, 4) is 0 Å². The summed E-state index contributed by atoms with van der Waals surface area (Å²) in [5, 5.41) is 13.1. The third-order valence-corrected chi connectivity index (χ3v) is 7.80. The Labute approximate surface area is 203 Å². The number of hydrogen-bond donors (Lipinski definition) is 1. The molecule has 0 amide bonds. The van der Waals surface area contributed by atoms with Gasteiger partial charge in [0.05, 0.1) is 10.9 Å². The molecule has 0 radical (unpaired) electrons. The Morgan fingerprint density at radius 2 is 1.36 bits per heavy atom. The van der Waals surface area contributed by atoms with Gasteiger partial charge in [-0.3, -0.25) is 4.90 Å². The van der Waals surface area contributed by atoms with Gasteiger partial charge in [0.2, 0.25) is 0 Å². The summed E-state index contributed by atoms with van der Waals surface area (Å²) in [6.45, 7) is 0. The van der Waals surface area contributed by atoms with E-state index in [-0.39, 0.29) is 5.25 Å². The molecule has 1 aliphatic heterocycles. The van der Waals surface area contributed by atoms with Gasteiger partial charge in [-0.05, 0) is 48.2 Å². The van der Waals surface area contributed by atoms with Gasteiger partial charge in [-0.2, -0.15) is 0 Å². The number of thioether (sulfide) groups is 2. The van der Waals surface area contributed by atoms with Crippen molar-refractivity contribution in [3.05, 3.63) is 126 Å². The molecule has 1 fully saturated rings. The standard InChI is InChI=1S/C28H24N2OS2/c1-32-25-19-17-22(18-20-25)28(31)26(21-11-5-2-6-12-21)33-27(29-23-13-7-3-8-14-23)30(28)24-15-9-4-10-16-24/h2-20,26,31H,1H3/t26-,28+/m0/s1. The van der Waals surface area contributed by atoms with Crippen molar-refractivity contribution in [2.45, 2.75) is 15.9 Å². The highest BCUT2D eigenvalue weighted by Gasteiger charge is 2.54. The maximum atomic E-state index is 12.6. The van der Waals surface area contributed by atoms with E-state index < -0.39 is 5.72 Å². The number of para-hydroxylation sites is 2. The van der Waals surface area contributed by atoms with Crippen LogP contribution in [0.5, 0.6) is 0 Å². The highest BCUT2D eigenvalue weighted by Crippen LogP contribution is 2.56. The molecular formula is C28H24N2OS2. The average molecular weight is 469 g/mol. The summed E-state index contributed by atoms with van der Waals surface area (Å²) in [7, 11) is 0. The Hall–Kier alpha value is -2.99. The first-order valence-electron chi connectivity index (χ1n) is 10.8. The van der Waals surface area contributed by atoms with Gasteiger partial charge >= 0.3 is 0 Å². The molecule has 3 nitrogen and oxygen atoms in total. The van der Waals surface area contributed by atoms with E-state index in [1.54, 1.807) is 23.5 Å². The predicted octanol–water partition coefficient (Wildman–Crippen LogP) is 7.24. The van der Waals surface area contributed by atoms with E-state index in [1.165, 1.54) is 0 Å². The quantitative estimate of drug-likeness (QED) is 0.313. The SMILES string of the molecule is CSc1ccc([C@@]2(O)[C@H](c3ccccc3)SC(=Nc3ccccc3)N2c2ccccc2)cc1. The van der Waals surface area contributed by atoms with Gasteiger partial charge in [0.15, 0.2) is 10.9 Å². The van der Waals surface area contributed by atoms with E-state index in [4.69, 9.17) is 4.99 Å². The summed E-state index contributed by atoms with van der Waals surface area (Å²) in [5.74, 6) is 0. The van der Waals surface area contributed by atoms with Crippen molar-refractivity contribution in [3.63, 3.8) is 0 Å². The molecule has 5 heteroatoms. The van der Waals surface area contributed by atoms with Crippen LogP contribution in [0.4, 0.5) is 11.4 Å². The lowest BCUT2D eigenvalue weighted by molar-refractivity contribution is 0.0482. The van der Waals surface area contributed by atoms with Crippen LogP contribution in [-0.4, -0.2) is 16.5 Å². The van der Waals surface area contributed by atoms with Crippen LogP contribution in [0.2, 0.25) is 0 Å². The lowest BCUT2D eigenvalue weighted by atomic mass is 9.92. The highest BCUT2D eigenvalue weighted by atomic mass is 32.2. The molecule has 0 saturated carbocycles. The summed E-state index contributed by atoms with van der Waals surface area (Å²) in [6.07, 6.45) is 2.06. The maximum Gasteiger partial charge on any atom is 0.187 e. The zero-order valence-electron chi connectivity index (χ0n) is 18.2. The van der Waals surface area contributed by atoms with E-state index in [0.29, 0.717) is 0 Å². The molecule has 4 aromatic carbocycles. The average Bonchev–Trinajstić information content (AvgIpc) is 3.18. The maximum absolute atomic E-state index is 12.6. The number of hydrogen-bond acceptors (Lipinski definition) is 4. The van der Waals surface area contributed by atoms with Crippen LogP contribution >= 0.6 is 23.5 Å². The summed E-state index contributed by atoms with van der Waals surface area (Å²) < 4.78 is 0. The van der Waals surface area contributed by atoms with Gasteiger partial charge in [-0.25, -0.2) is 4.99 Å². The molecule has 5 rings (SSSR count). The van der Waals surface area contributed by atoms with Crippen molar-refractivity contribution in [1.29, 1.82) is 0 Å². The predicted molar refractivity (Wildman–Crippen MR) is 141 cm³/mol. The van der Waals surface area contributed by atoms with Crippen molar-refractivity contribution >= 4 is 40.1 Å². The Morgan fingerprint density at radius 1 is 0.788 bits per heavy atom. The molecule has 2 atom stereocenters. The normalized spacial score (nSPS) is 21.5. The summed E-state index contributed by atoms with van der Waals surface area (Å²) >= 11 is 3.29.